The van der Waals surface area contributed by atoms with Gasteiger partial charge in [-0.1, -0.05) is 6.07 Å². The zero-order valence-electron chi connectivity index (χ0n) is 11.1. The van der Waals surface area contributed by atoms with E-state index in [9.17, 15) is 0 Å². The number of pyridine rings is 1. The van der Waals surface area contributed by atoms with Gasteiger partial charge in [0.2, 0.25) is 0 Å². The Labute approximate surface area is 110 Å². The van der Waals surface area contributed by atoms with Crippen LogP contribution in [-0.2, 0) is 6.42 Å². The zero-order chi connectivity index (χ0) is 12.5. The highest BCUT2D eigenvalue weighted by atomic mass is 15.2. The highest BCUT2D eigenvalue weighted by Crippen LogP contribution is 1.95. The van der Waals surface area contributed by atoms with Gasteiger partial charge < -0.3 is 15.5 Å². The van der Waals surface area contributed by atoms with E-state index in [0.29, 0.717) is 0 Å². The van der Waals surface area contributed by atoms with Gasteiger partial charge in [-0.25, -0.2) is 0 Å². The average molecular weight is 248 g/mol. The maximum absolute atomic E-state index is 4.31. The van der Waals surface area contributed by atoms with Crippen LogP contribution in [0.15, 0.2) is 24.4 Å². The summed E-state index contributed by atoms with van der Waals surface area (Å²) >= 11 is 0. The summed E-state index contributed by atoms with van der Waals surface area (Å²) in [5, 5.41) is 6.87. The first kappa shape index (κ1) is 13.5. The Kier molecular flexibility index (Phi) is 6.12. The van der Waals surface area contributed by atoms with Crippen molar-refractivity contribution in [2.24, 2.45) is 0 Å². The number of rotatable bonds is 7. The van der Waals surface area contributed by atoms with Crippen molar-refractivity contribution in [2.75, 3.05) is 45.8 Å². The summed E-state index contributed by atoms with van der Waals surface area (Å²) in [6, 6.07) is 6.10. The lowest BCUT2D eigenvalue weighted by Crippen LogP contribution is -2.44. The van der Waals surface area contributed by atoms with Crippen molar-refractivity contribution in [3.05, 3.63) is 30.1 Å². The monoisotopic (exact) mass is 248 g/mol. The fourth-order valence-corrected chi connectivity index (χ4v) is 2.25. The van der Waals surface area contributed by atoms with Gasteiger partial charge in [0.1, 0.15) is 0 Å². The molecule has 2 heterocycles. The maximum Gasteiger partial charge on any atom is 0.0416 e. The predicted molar refractivity (Wildman–Crippen MR) is 74.7 cm³/mol. The van der Waals surface area contributed by atoms with Crippen molar-refractivity contribution >= 4 is 0 Å². The van der Waals surface area contributed by atoms with Gasteiger partial charge >= 0.3 is 0 Å². The van der Waals surface area contributed by atoms with Gasteiger partial charge in [-0.15, -0.1) is 0 Å². The summed E-state index contributed by atoms with van der Waals surface area (Å²) in [6.07, 6.45) is 4.12. The molecule has 0 unspecified atom stereocenters. The molecule has 100 valence electrons. The second-order valence-corrected chi connectivity index (χ2v) is 4.77. The normalized spacial score (nSPS) is 16.9. The fourth-order valence-electron chi connectivity index (χ4n) is 2.25. The lowest BCUT2D eigenvalue weighted by molar-refractivity contribution is 0.238. The second-order valence-electron chi connectivity index (χ2n) is 4.77. The van der Waals surface area contributed by atoms with Crippen LogP contribution < -0.4 is 10.6 Å². The Hall–Kier alpha value is -0.970. The Morgan fingerprint density at radius 2 is 2.11 bits per heavy atom. The van der Waals surface area contributed by atoms with Crippen molar-refractivity contribution in [3.63, 3.8) is 0 Å². The van der Waals surface area contributed by atoms with Crippen LogP contribution >= 0.6 is 0 Å². The molecular formula is C14H24N4. The van der Waals surface area contributed by atoms with Crippen molar-refractivity contribution in [3.8, 4) is 0 Å². The average Bonchev–Trinajstić information content (AvgIpc) is 2.45. The molecule has 1 fully saturated rings. The van der Waals surface area contributed by atoms with Crippen LogP contribution in [0.5, 0.6) is 0 Å². The minimum absolute atomic E-state index is 1.02. The lowest BCUT2D eigenvalue weighted by Gasteiger charge is -2.27. The minimum atomic E-state index is 1.02. The number of aromatic nitrogens is 1. The zero-order valence-corrected chi connectivity index (χ0v) is 11.1. The van der Waals surface area contributed by atoms with Gasteiger partial charge in [0.15, 0.2) is 0 Å². The summed E-state index contributed by atoms with van der Waals surface area (Å²) in [5.74, 6) is 0. The standard InChI is InChI=1S/C14H24N4/c1-2-7-17-14(4-1)5-8-15-6-3-11-18-12-9-16-10-13-18/h1-2,4,7,15-16H,3,5-6,8-13H2. The van der Waals surface area contributed by atoms with E-state index in [1.165, 1.54) is 31.7 Å². The van der Waals surface area contributed by atoms with E-state index in [0.717, 1.165) is 32.6 Å². The number of hydrogen-bond donors (Lipinski definition) is 2. The fraction of sp³-hybridized carbons (Fsp3) is 0.643. The molecule has 2 rings (SSSR count). The van der Waals surface area contributed by atoms with Crippen molar-refractivity contribution in [1.82, 2.24) is 20.5 Å². The Balaban J connectivity index is 1.46. The number of hydrogen-bond acceptors (Lipinski definition) is 4. The quantitative estimate of drug-likeness (QED) is 0.690. The molecule has 18 heavy (non-hydrogen) atoms. The third kappa shape index (κ3) is 5.12. The van der Waals surface area contributed by atoms with Crippen LogP contribution in [0, 0.1) is 0 Å². The van der Waals surface area contributed by atoms with Crippen LogP contribution in [-0.4, -0.2) is 55.7 Å². The highest BCUT2D eigenvalue weighted by molar-refractivity contribution is 5.03. The van der Waals surface area contributed by atoms with E-state index in [1.54, 1.807) is 0 Å². The van der Waals surface area contributed by atoms with Crippen molar-refractivity contribution < 1.29 is 0 Å². The molecule has 4 nitrogen and oxygen atoms in total. The minimum Gasteiger partial charge on any atom is -0.316 e. The highest BCUT2D eigenvalue weighted by Gasteiger charge is 2.07. The van der Waals surface area contributed by atoms with Gasteiger partial charge in [-0.05, 0) is 31.6 Å². The summed E-state index contributed by atoms with van der Waals surface area (Å²) in [4.78, 5) is 6.85. The number of piperazine rings is 1. The largest absolute Gasteiger partial charge is 0.316 e. The predicted octanol–water partition coefficient (Wildman–Crippen LogP) is 0.509. The second kappa shape index (κ2) is 8.19. The van der Waals surface area contributed by atoms with Crippen LogP contribution in [0.1, 0.15) is 12.1 Å². The molecule has 0 amide bonds. The maximum atomic E-state index is 4.31. The summed E-state index contributed by atoms with van der Waals surface area (Å²) < 4.78 is 0. The van der Waals surface area contributed by atoms with Gasteiger partial charge in [0.25, 0.3) is 0 Å². The third-order valence-corrected chi connectivity index (χ3v) is 3.32. The summed E-state index contributed by atoms with van der Waals surface area (Å²) in [6.45, 7) is 8.05. The molecule has 4 heteroatoms. The van der Waals surface area contributed by atoms with E-state index in [-0.39, 0.29) is 0 Å². The Morgan fingerprint density at radius 3 is 2.89 bits per heavy atom. The molecule has 0 spiro atoms. The first-order chi connectivity index (χ1) is 8.95. The summed E-state index contributed by atoms with van der Waals surface area (Å²) in [7, 11) is 0. The van der Waals surface area contributed by atoms with Gasteiger partial charge in [0, 0.05) is 51.0 Å². The van der Waals surface area contributed by atoms with E-state index < -0.39 is 0 Å². The van der Waals surface area contributed by atoms with E-state index in [4.69, 9.17) is 0 Å². The summed E-state index contributed by atoms with van der Waals surface area (Å²) in [5.41, 5.74) is 1.17. The SMILES string of the molecule is c1ccc(CCNCCCN2CCNCC2)nc1. The number of nitrogens with zero attached hydrogens (tertiary/aromatic N) is 2. The van der Waals surface area contributed by atoms with E-state index in [1.807, 2.05) is 18.3 Å². The Bertz CT molecular complexity index is 309. The number of nitrogens with one attached hydrogen (secondary N) is 2. The first-order valence-electron chi connectivity index (χ1n) is 6.99. The smallest absolute Gasteiger partial charge is 0.0416 e. The molecule has 0 aromatic carbocycles. The van der Waals surface area contributed by atoms with E-state index >= 15 is 0 Å². The van der Waals surface area contributed by atoms with Gasteiger partial charge in [-0.2, -0.15) is 0 Å². The molecule has 1 aliphatic heterocycles. The lowest BCUT2D eigenvalue weighted by atomic mass is 10.2. The van der Waals surface area contributed by atoms with Crippen LogP contribution in [0.4, 0.5) is 0 Å². The molecular weight excluding hydrogens is 224 g/mol. The van der Waals surface area contributed by atoms with E-state index in [2.05, 4.69) is 26.6 Å². The van der Waals surface area contributed by atoms with Crippen LogP contribution in [0.3, 0.4) is 0 Å². The molecule has 1 aromatic heterocycles. The molecule has 0 aliphatic carbocycles. The van der Waals surface area contributed by atoms with Crippen molar-refractivity contribution in [2.45, 2.75) is 12.8 Å². The van der Waals surface area contributed by atoms with Crippen LogP contribution in [0.25, 0.3) is 0 Å². The first-order valence-corrected chi connectivity index (χ1v) is 6.99. The van der Waals surface area contributed by atoms with Gasteiger partial charge in [0.05, 0.1) is 0 Å². The Morgan fingerprint density at radius 1 is 1.22 bits per heavy atom. The van der Waals surface area contributed by atoms with Crippen LogP contribution in [0.2, 0.25) is 0 Å². The van der Waals surface area contributed by atoms with Crippen molar-refractivity contribution in [1.29, 1.82) is 0 Å². The third-order valence-electron chi connectivity index (χ3n) is 3.32. The molecule has 0 bridgehead atoms. The molecule has 0 atom stereocenters. The molecule has 0 saturated carbocycles. The molecule has 1 saturated heterocycles. The topological polar surface area (TPSA) is 40.2 Å². The molecule has 2 N–H and O–H groups in total. The molecule has 1 aromatic rings. The van der Waals surface area contributed by atoms with Gasteiger partial charge in [-0.3, -0.25) is 4.98 Å². The molecule has 1 aliphatic rings. The molecule has 0 radical (unpaired) electrons.